The van der Waals surface area contributed by atoms with Crippen LogP contribution in [0.5, 0.6) is 0 Å². The minimum atomic E-state index is -0.491. The molecule has 9 heteroatoms. The van der Waals surface area contributed by atoms with E-state index in [0.29, 0.717) is 69.1 Å². The molecule has 2 atom stereocenters. The predicted molar refractivity (Wildman–Crippen MR) is 294 cm³/mol. The summed E-state index contributed by atoms with van der Waals surface area (Å²) < 4.78 is 25.7. The number of hydrogen-bond acceptors (Lipinski definition) is 9. The molecule has 71 heavy (non-hydrogen) atoms. The Balaban J connectivity index is 2.55. The van der Waals surface area contributed by atoms with Gasteiger partial charge in [0.2, 0.25) is 0 Å². The molecule has 9 nitrogen and oxygen atoms in total. The molecule has 416 valence electrons. The van der Waals surface area contributed by atoms with Gasteiger partial charge in [0, 0.05) is 47.3 Å². The largest absolute Gasteiger partial charge is 0.465 e. The maximum absolute atomic E-state index is 14.1. The number of esters is 4. The van der Waals surface area contributed by atoms with E-state index in [0.717, 1.165) is 148 Å². The fourth-order valence-electron chi connectivity index (χ4n) is 13.5. The molecule has 2 aliphatic carbocycles. The minimum Gasteiger partial charge on any atom is -0.465 e. The van der Waals surface area contributed by atoms with E-state index in [1.807, 2.05) is 0 Å². The zero-order chi connectivity index (χ0) is 52.4. The lowest BCUT2D eigenvalue weighted by Crippen LogP contribution is -2.58. The molecule has 0 amide bonds. The molecule has 0 spiro atoms. The summed E-state index contributed by atoms with van der Waals surface area (Å²) >= 11 is 0. The van der Waals surface area contributed by atoms with Crippen LogP contribution in [0, 0.1) is 39.4 Å². The molecule has 2 aliphatic rings. The molecule has 0 aliphatic heterocycles. The molecule has 0 aromatic rings. The molecule has 2 rings (SSSR count). The van der Waals surface area contributed by atoms with Crippen LogP contribution < -0.4 is 0 Å². The molecular weight excluding hydrogens is 887 g/mol. The van der Waals surface area contributed by atoms with E-state index in [1.54, 1.807) is 0 Å². The Kier molecular flexibility index (Phi) is 33.6. The Bertz CT molecular complexity index is 1330. The van der Waals surface area contributed by atoms with Crippen LogP contribution in [-0.2, 0) is 38.1 Å². The number of carbonyl (C=O) groups is 4. The lowest BCUT2D eigenvalue weighted by molar-refractivity contribution is -0.196. The van der Waals surface area contributed by atoms with Crippen LogP contribution in [0.3, 0.4) is 0 Å². The van der Waals surface area contributed by atoms with Gasteiger partial charge in [-0.2, -0.15) is 0 Å². The van der Waals surface area contributed by atoms with Crippen LogP contribution in [0.15, 0.2) is 0 Å². The van der Waals surface area contributed by atoms with E-state index in [9.17, 15) is 19.2 Å². The fourth-order valence-corrected chi connectivity index (χ4v) is 13.5. The van der Waals surface area contributed by atoms with Crippen LogP contribution in [0.25, 0.3) is 0 Å². The van der Waals surface area contributed by atoms with E-state index >= 15 is 0 Å². The average Bonchev–Trinajstić information content (AvgIpc) is 3.33. The summed E-state index contributed by atoms with van der Waals surface area (Å²) in [7, 11) is 0. The molecule has 0 aromatic heterocycles. The highest BCUT2D eigenvalue weighted by Gasteiger charge is 2.61. The predicted octanol–water partition coefficient (Wildman–Crippen LogP) is 16.7. The third kappa shape index (κ3) is 27.3. The first-order valence-electron chi connectivity index (χ1n) is 30.4. The van der Waals surface area contributed by atoms with Crippen molar-refractivity contribution in [2.45, 2.75) is 288 Å². The van der Waals surface area contributed by atoms with Crippen molar-refractivity contribution in [3.05, 3.63) is 0 Å². The van der Waals surface area contributed by atoms with Gasteiger partial charge in [-0.05, 0) is 114 Å². The maximum atomic E-state index is 14.1. The minimum absolute atomic E-state index is 0.118. The fraction of sp³-hybridized carbons (Fsp3) is 0.935. The molecule has 0 saturated heterocycles. The Morgan fingerprint density at radius 1 is 0.380 bits per heavy atom. The third-order valence-electron chi connectivity index (χ3n) is 16.6. The normalized spacial score (nSPS) is 22.1. The topological polar surface area (TPSA) is 108 Å². The summed E-state index contributed by atoms with van der Waals surface area (Å²) in [5, 5.41) is 0. The molecule has 2 saturated carbocycles. The van der Waals surface area contributed by atoms with Crippen molar-refractivity contribution in [3.8, 4) is 0 Å². The van der Waals surface area contributed by atoms with Gasteiger partial charge < -0.3 is 23.8 Å². The maximum Gasteiger partial charge on any atom is 0.306 e. The number of ether oxygens (including phenoxy) is 4. The monoisotopic (exact) mass is 1000 g/mol. The number of nitrogens with zero attached hydrogens (tertiary/aromatic N) is 1. The second-order valence-electron chi connectivity index (χ2n) is 24.5. The van der Waals surface area contributed by atoms with Gasteiger partial charge >= 0.3 is 23.9 Å². The van der Waals surface area contributed by atoms with Gasteiger partial charge in [0.15, 0.2) is 0 Å². The number of rotatable bonds is 44. The highest BCUT2D eigenvalue weighted by molar-refractivity contribution is 5.71. The number of unbranched alkanes of at least 4 members (excludes halogenated alkanes) is 12. The SMILES string of the molecule is CCCCCC(CCCCC)CC(=O)OCC1(C)CC2(COC(=O)CC(CCCCC)CCCCC)CC(C)(COC(=O)CCCN(CC)CC)CC(COC(=O)CC(CCCCC)CCCCC)(C1)C2. The van der Waals surface area contributed by atoms with Crippen LogP contribution in [0.4, 0.5) is 0 Å². The van der Waals surface area contributed by atoms with Gasteiger partial charge in [-0.1, -0.05) is 185 Å². The van der Waals surface area contributed by atoms with Crippen molar-refractivity contribution in [2.75, 3.05) is 46.1 Å². The lowest BCUT2D eigenvalue weighted by Gasteiger charge is -2.62. The highest BCUT2D eigenvalue weighted by atomic mass is 16.5. The van der Waals surface area contributed by atoms with E-state index in [2.05, 4.69) is 74.1 Å². The van der Waals surface area contributed by atoms with Crippen molar-refractivity contribution >= 4 is 23.9 Å². The first kappa shape index (κ1) is 65.0. The second kappa shape index (κ2) is 36.7. The Labute approximate surface area is 438 Å². The molecule has 2 bridgehead atoms. The van der Waals surface area contributed by atoms with E-state index in [4.69, 9.17) is 18.9 Å². The Morgan fingerprint density at radius 2 is 0.662 bits per heavy atom. The van der Waals surface area contributed by atoms with Gasteiger partial charge in [0.25, 0.3) is 0 Å². The van der Waals surface area contributed by atoms with Crippen LogP contribution in [0.1, 0.15) is 288 Å². The quantitative estimate of drug-likeness (QED) is 0.0335. The van der Waals surface area contributed by atoms with E-state index in [1.165, 1.54) is 38.5 Å². The Hall–Kier alpha value is -2.16. The van der Waals surface area contributed by atoms with Crippen LogP contribution in [-0.4, -0.2) is 74.8 Å². The van der Waals surface area contributed by atoms with Crippen molar-refractivity contribution in [1.82, 2.24) is 4.90 Å². The van der Waals surface area contributed by atoms with Crippen molar-refractivity contribution in [3.63, 3.8) is 0 Å². The zero-order valence-corrected chi connectivity index (χ0v) is 48.4. The standard InChI is InChI=1S/C62H115NO8/c1-11-19-25-32-52(33-26-20-12-2)40-56(65)69-49-60(10)45-61(50-70-57(66)41-53(34-27-21-13-3)35-28-22-14-4)43-59(9,48-68-55(64)38-31-39-63(17-7)18-8)44-62(46-60,47-61)51-71-58(67)42-54(36-29-23-15-5)37-30-24-16-6/h52-54H,11-51H2,1-10H3. The number of fused-ring (bicyclic) bond motifs is 2. The van der Waals surface area contributed by atoms with Gasteiger partial charge in [0.05, 0.1) is 26.4 Å². The summed E-state index contributed by atoms with van der Waals surface area (Å²) in [5.41, 5.74) is -1.87. The summed E-state index contributed by atoms with van der Waals surface area (Å²) in [4.78, 5) is 57.9. The van der Waals surface area contributed by atoms with Gasteiger partial charge in [0.1, 0.15) is 0 Å². The molecule has 2 fully saturated rings. The van der Waals surface area contributed by atoms with Crippen LogP contribution in [0.2, 0.25) is 0 Å². The summed E-state index contributed by atoms with van der Waals surface area (Å²) in [6.45, 7) is 26.0. The Morgan fingerprint density at radius 3 is 0.944 bits per heavy atom. The highest BCUT2D eigenvalue weighted by Crippen LogP contribution is 2.66. The average molecular weight is 1000 g/mol. The first-order chi connectivity index (χ1) is 34.1. The second-order valence-corrected chi connectivity index (χ2v) is 24.5. The van der Waals surface area contributed by atoms with Crippen molar-refractivity contribution < 1.29 is 38.1 Å². The molecular formula is C62H115NO8. The number of carbonyl (C=O) groups excluding carboxylic acids is 4. The molecule has 0 heterocycles. The number of hydrogen-bond donors (Lipinski definition) is 0. The summed E-state index contributed by atoms with van der Waals surface area (Å²) in [6.07, 6.45) is 33.1. The van der Waals surface area contributed by atoms with E-state index < -0.39 is 21.7 Å². The van der Waals surface area contributed by atoms with Gasteiger partial charge in [-0.15, -0.1) is 0 Å². The molecule has 0 N–H and O–H groups in total. The van der Waals surface area contributed by atoms with Crippen LogP contribution >= 0.6 is 0 Å². The van der Waals surface area contributed by atoms with Gasteiger partial charge in [-0.3, -0.25) is 19.2 Å². The van der Waals surface area contributed by atoms with Gasteiger partial charge in [-0.25, -0.2) is 0 Å². The van der Waals surface area contributed by atoms with Crippen molar-refractivity contribution in [2.24, 2.45) is 39.4 Å². The van der Waals surface area contributed by atoms with Crippen molar-refractivity contribution in [1.29, 1.82) is 0 Å². The molecule has 0 aromatic carbocycles. The smallest absolute Gasteiger partial charge is 0.306 e. The molecule has 2 unspecified atom stereocenters. The van der Waals surface area contributed by atoms with E-state index in [-0.39, 0.29) is 50.3 Å². The third-order valence-corrected chi connectivity index (χ3v) is 16.6. The first-order valence-corrected chi connectivity index (χ1v) is 30.4. The molecule has 0 radical (unpaired) electrons. The zero-order valence-electron chi connectivity index (χ0n) is 48.4. The lowest BCUT2D eigenvalue weighted by atomic mass is 9.44. The summed E-state index contributed by atoms with van der Waals surface area (Å²) in [6, 6.07) is 0. The summed E-state index contributed by atoms with van der Waals surface area (Å²) in [5.74, 6) is 0.398.